The van der Waals surface area contributed by atoms with Crippen molar-refractivity contribution in [1.82, 2.24) is 4.72 Å². The van der Waals surface area contributed by atoms with Gasteiger partial charge in [0.15, 0.2) is 0 Å². The Morgan fingerprint density at radius 2 is 2.30 bits per heavy atom. The number of urea groups is 1. The highest BCUT2D eigenvalue weighted by Crippen LogP contribution is 2.00. The molecule has 0 saturated heterocycles. The van der Waals surface area contributed by atoms with Crippen LogP contribution < -0.4 is 10.5 Å². The highest BCUT2D eigenvalue weighted by Gasteiger charge is 1.90. The molecule has 0 aliphatic rings. The van der Waals surface area contributed by atoms with E-state index in [-0.39, 0.29) is 0 Å². The van der Waals surface area contributed by atoms with E-state index in [1.807, 2.05) is 0 Å². The van der Waals surface area contributed by atoms with Crippen molar-refractivity contribution in [2.45, 2.75) is 26.2 Å². The molecule has 4 heteroatoms. The summed E-state index contributed by atoms with van der Waals surface area (Å²) in [6, 6.07) is -0.457. The van der Waals surface area contributed by atoms with Gasteiger partial charge in [-0.15, -0.1) is 0 Å². The zero-order valence-electron chi connectivity index (χ0n) is 6.22. The number of carbonyl (C=O) groups is 1. The zero-order valence-corrected chi connectivity index (χ0v) is 7.04. The van der Waals surface area contributed by atoms with Crippen molar-refractivity contribution in [3.8, 4) is 0 Å². The fourth-order valence-corrected chi connectivity index (χ4v) is 1.14. The second-order valence-corrected chi connectivity index (χ2v) is 2.92. The van der Waals surface area contributed by atoms with Crippen LogP contribution in [0.4, 0.5) is 4.79 Å². The van der Waals surface area contributed by atoms with Crippen LogP contribution in [0.2, 0.25) is 0 Å². The van der Waals surface area contributed by atoms with Gasteiger partial charge < -0.3 is 5.73 Å². The zero-order chi connectivity index (χ0) is 7.82. The van der Waals surface area contributed by atoms with Crippen molar-refractivity contribution < 1.29 is 4.79 Å². The summed E-state index contributed by atoms with van der Waals surface area (Å²) in [4.78, 5) is 10.1. The van der Waals surface area contributed by atoms with Gasteiger partial charge in [0.1, 0.15) is 0 Å². The molecule has 0 fully saturated rings. The predicted molar refractivity (Wildman–Crippen MR) is 44.7 cm³/mol. The van der Waals surface area contributed by atoms with Crippen LogP contribution in [0.3, 0.4) is 0 Å². The second kappa shape index (κ2) is 6.74. The molecular formula is C6H14N2OS. The van der Waals surface area contributed by atoms with Gasteiger partial charge in [-0.2, -0.15) is 0 Å². The maximum atomic E-state index is 10.1. The molecule has 0 saturated carbocycles. The van der Waals surface area contributed by atoms with Crippen molar-refractivity contribution >= 4 is 18.0 Å². The molecule has 0 rings (SSSR count). The number of hydrogen-bond donors (Lipinski definition) is 2. The summed E-state index contributed by atoms with van der Waals surface area (Å²) >= 11 is 1.38. The van der Waals surface area contributed by atoms with E-state index in [0.29, 0.717) is 0 Å². The van der Waals surface area contributed by atoms with E-state index in [9.17, 15) is 4.79 Å². The van der Waals surface area contributed by atoms with E-state index < -0.39 is 6.03 Å². The Bertz CT molecular complexity index is 97.7. The first-order chi connectivity index (χ1) is 4.77. The predicted octanol–water partition coefficient (Wildman–Crippen LogP) is 1.49. The first kappa shape index (κ1) is 9.62. The minimum Gasteiger partial charge on any atom is -0.351 e. The first-order valence-corrected chi connectivity index (χ1v) is 4.43. The van der Waals surface area contributed by atoms with Crippen molar-refractivity contribution in [3.05, 3.63) is 0 Å². The number of primary amides is 1. The molecule has 0 aromatic rings. The summed E-state index contributed by atoms with van der Waals surface area (Å²) in [5.74, 6) is 0.955. The molecule has 0 radical (unpaired) electrons. The summed E-state index contributed by atoms with van der Waals surface area (Å²) in [6.45, 7) is 2.15. The number of unbranched alkanes of at least 4 members (excludes halogenated alkanes) is 2. The van der Waals surface area contributed by atoms with Crippen molar-refractivity contribution in [2.75, 3.05) is 5.75 Å². The molecule has 0 spiro atoms. The summed E-state index contributed by atoms with van der Waals surface area (Å²) in [7, 11) is 0. The van der Waals surface area contributed by atoms with Crippen molar-refractivity contribution in [2.24, 2.45) is 5.73 Å². The molecule has 0 aliphatic carbocycles. The Labute approximate surface area is 65.9 Å². The monoisotopic (exact) mass is 162 g/mol. The molecule has 3 nitrogen and oxygen atoms in total. The van der Waals surface area contributed by atoms with Gasteiger partial charge >= 0.3 is 6.03 Å². The maximum absolute atomic E-state index is 10.1. The smallest absolute Gasteiger partial charge is 0.322 e. The summed E-state index contributed by atoms with van der Waals surface area (Å²) in [5.41, 5.74) is 4.84. The Hall–Kier alpha value is -0.380. The van der Waals surface area contributed by atoms with Crippen LogP contribution in [0.25, 0.3) is 0 Å². The Morgan fingerprint density at radius 1 is 1.60 bits per heavy atom. The van der Waals surface area contributed by atoms with Crippen LogP contribution in [0.15, 0.2) is 0 Å². The van der Waals surface area contributed by atoms with E-state index >= 15 is 0 Å². The lowest BCUT2D eigenvalue weighted by Crippen LogP contribution is -2.23. The quantitative estimate of drug-likeness (QED) is 0.475. The highest BCUT2D eigenvalue weighted by molar-refractivity contribution is 7.97. The molecule has 0 aromatic carbocycles. The van der Waals surface area contributed by atoms with E-state index in [0.717, 1.165) is 12.2 Å². The van der Waals surface area contributed by atoms with Crippen LogP contribution >= 0.6 is 11.9 Å². The molecule has 0 bridgehead atoms. The Morgan fingerprint density at radius 3 is 2.80 bits per heavy atom. The van der Waals surface area contributed by atoms with Crippen LogP contribution in [-0.2, 0) is 0 Å². The van der Waals surface area contributed by atoms with Gasteiger partial charge in [-0.3, -0.25) is 4.72 Å². The molecule has 10 heavy (non-hydrogen) atoms. The topological polar surface area (TPSA) is 55.1 Å². The second-order valence-electron chi connectivity index (χ2n) is 2.02. The molecule has 0 aliphatic heterocycles. The van der Waals surface area contributed by atoms with E-state index in [1.54, 1.807) is 0 Å². The van der Waals surface area contributed by atoms with Gasteiger partial charge in [0.2, 0.25) is 0 Å². The molecule has 0 heterocycles. The average molecular weight is 162 g/mol. The fourth-order valence-electron chi connectivity index (χ4n) is 0.546. The number of amides is 2. The van der Waals surface area contributed by atoms with Gasteiger partial charge in [0.25, 0.3) is 0 Å². The lowest BCUT2D eigenvalue weighted by atomic mass is 10.3. The summed E-state index contributed by atoms with van der Waals surface area (Å²) in [5, 5.41) is 0. The molecule has 0 aromatic heterocycles. The molecular weight excluding hydrogens is 148 g/mol. The fraction of sp³-hybridized carbons (Fsp3) is 0.833. The minimum atomic E-state index is -0.457. The lowest BCUT2D eigenvalue weighted by Gasteiger charge is -1.98. The SMILES string of the molecule is CCCCCSNC(N)=O. The largest absolute Gasteiger partial charge is 0.351 e. The maximum Gasteiger partial charge on any atom is 0.322 e. The lowest BCUT2D eigenvalue weighted by molar-refractivity contribution is 0.254. The normalized spacial score (nSPS) is 9.30. The van der Waals surface area contributed by atoms with Gasteiger partial charge in [0.05, 0.1) is 0 Å². The third kappa shape index (κ3) is 7.62. The molecule has 60 valence electrons. The van der Waals surface area contributed by atoms with E-state index in [2.05, 4.69) is 11.6 Å². The third-order valence-electron chi connectivity index (χ3n) is 1.02. The number of nitrogens with two attached hydrogens (primary N) is 1. The Balaban J connectivity index is 2.84. The highest BCUT2D eigenvalue weighted by atomic mass is 32.2. The van der Waals surface area contributed by atoms with Crippen molar-refractivity contribution in [1.29, 1.82) is 0 Å². The first-order valence-electron chi connectivity index (χ1n) is 3.44. The Kier molecular flexibility index (Phi) is 6.48. The molecule has 2 amide bonds. The van der Waals surface area contributed by atoms with Gasteiger partial charge in [-0.25, -0.2) is 4.79 Å². The number of carbonyl (C=O) groups excluding carboxylic acids is 1. The van der Waals surface area contributed by atoms with Gasteiger partial charge in [0, 0.05) is 5.75 Å². The third-order valence-corrected chi connectivity index (χ3v) is 1.86. The van der Waals surface area contributed by atoms with Crippen molar-refractivity contribution in [3.63, 3.8) is 0 Å². The van der Waals surface area contributed by atoms with Gasteiger partial charge in [-0.1, -0.05) is 19.8 Å². The summed E-state index contributed by atoms with van der Waals surface area (Å²) < 4.78 is 2.46. The van der Waals surface area contributed by atoms with Crippen LogP contribution in [0.1, 0.15) is 26.2 Å². The molecule has 3 N–H and O–H groups in total. The number of hydrogen-bond acceptors (Lipinski definition) is 2. The van der Waals surface area contributed by atoms with Crippen LogP contribution in [0.5, 0.6) is 0 Å². The van der Waals surface area contributed by atoms with Gasteiger partial charge in [-0.05, 0) is 18.4 Å². The molecule has 0 atom stereocenters. The molecule has 0 unspecified atom stereocenters. The average Bonchev–Trinajstić information content (AvgIpc) is 1.87. The standard InChI is InChI=1S/C6H14N2OS/c1-2-3-4-5-10-8-6(7)9/h2-5H2,1H3,(H3,7,8,9). The van der Waals surface area contributed by atoms with Crippen LogP contribution in [-0.4, -0.2) is 11.8 Å². The minimum absolute atomic E-state index is 0.457. The van der Waals surface area contributed by atoms with Crippen LogP contribution in [0, 0.1) is 0 Å². The number of rotatable bonds is 5. The van der Waals surface area contributed by atoms with E-state index in [1.165, 1.54) is 24.8 Å². The number of nitrogens with one attached hydrogen (secondary N) is 1. The summed E-state index contributed by atoms with van der Waals surface area (Å²) in [6.07, 6.45) is 3.56. The van der Waals surface area contributed by atoms with E-state index in [4.69, 9.17) is 5.73 Å².